The molecule has 0 aliphatic rings. The van der Waals surface area contributed by atoms with Gasteiger partial charge in [0.15, 0.2) is 0 Å². The molecule has 0 spiro atoms. The summed E-state index contributed by atoms with van der Waals surface area (Å²) in [6.45, 7) is 15.4. The molecule has 2 N–H and O–H groups in total. The predicted octanol–water partition coefficient (Wildman–Crippen LogP) is 1.19. The van der Waals surface area contributed by atoms with Gasteiger partial charge in [-0.1, -0.05) is 45.4 Å². The van der Waals surface area contributed by atoms with Crippen molar-refractivity contribution in [2.24, 2.45) is 17.6 Å². The Hall–Kier alpha value is -0.223. The van der Waals surface area contributed by atoms with Crippen molar-refractivity contribution < 1.29 is 20.3 Å². The van der Waals surface area contributed by atoms with Gasteiger partial charge in [-0.05, 0) is 49.3 Å². The summed E-state index contributed by atoms with van der Waals surface area (Å²) in [6, 6.07) is 4.49. The van der Waals surface area contributed by atoms with E-state index in [1.807, 2.05) is 0 Å². The van der Waals surface area contributed by atoms with Crippen LogP contribution in [0.25, 0.3) is 0 Å². The molecule has 0 aliphatic carbocycles. The van der Waals surface area contributed by atoms with Gasteiger partial charge in [0.1, 0.15) is 0 Å². The van der Waals surface area contributed by atoms with Crippen molar-refractivity contribution in [1.82, 2.24) is 0 Å². The van der Waals surface area contributed by atoms with Crippen LogP contribution in [0.15, 0.2) is 12.1 Å². The van der Waals surface area contributed by atoms with Crippen LogP contribution in [0.4, 0.5) is 0 Å². The van der Waals surface area contributed by atoms with Crippen molar-refractivity contribution in [2.75, 3.05) is 0 Å². The number of aryl methyl sites for hydroxylation is 3. The van der Waals surface area contributed by atoms with Crippen molar-refractivity contribution in [3.63, 3.8) is 0 Å². The van der Waals surface area contributed by atoms with Crippen LogP contribution < -0.4 is 24.6 Å². The van der Waals surface area contributed by atoms with Crippen LogP contribution in [0.5, 0.6) is 0 Å². The van der Waals surface area contributed by atoms with Gasteiger partial charge in [-0.25, -0.2) is 0 Å². The van der Waals surface area contributed by atoms with E-state index in [0.717, 1.165) is 0 Å². The molecule has 0 saturated carbocycles. The molecule has 0 atom stereocenters. The largest absolute Gasteiger partial charge is 1.00 e. The van der Waals surface area contributed by atoms with E-state index in [1.165, 1.54) is 22.3 Å². The molecule has 0 fully saturated rings. The van der Waals surface area contributed by atoms with E-state index < -0.39 is 0 Å². The van der Waals surface area contributed by atoms with E-state index in [4.69, 9.17) is 5.73 Å². The Morgan fingerprint density at radius 1 is 0.944 bits per heavy atom. The summed E-state index contributed by atoms with van der Waals surface area (Å²) in [6.07, 6.45) is 0. The summed E-state index contributed by atoms with van der Waals surface area (Å²) in [5, 5.41) is 0. The first-order valence-corrected chi connectivity index (χ1v) is 6.58. The van der Waals surface area contributed by atoms with Crippen molar-refractivity contribution in [1.29, 1.82) is 0 Å². The van der Waals surface area contributed by atoms with Crippen molar-refractivity contribution in [3.8, 4) is 0 Å². The first-order chi connectivity index (χ1) is 7.71. The van der Waals surface area contributed by atoms with Crippen molar-refractivity contribution in [2.45, 2.75) is 54.0 Å². The van der Waals surface area contributed by atoms with E-state index in [-0.39, 0.29) is 25.8 Å². The standard InChI is InChI=1S/C16H27N.Li.H/c1-10(2)16(17,11(3)4)15-13(6)8-12(5)9-14(15)7;;/h8-11H,17H2,1-7H3;;/q;+1;-1. The Morgan fingerprint density at radius 3 is 1.56 bits per heavy atom. The summed E-state index contributed by atoms with van der Waals surface area (Å²) in [4.78, 5) is 0. The first kappa shape index (κ1) is 17.8. The van der Waals surface area contributed by atoms with Gasteiger partial charge in [0.25, 0.3) is 0 Å². The van der Waals surface area contributed by atoms with Crippen LogP contribution in [-0.4, -0.2) is 0 Å². The maximum Gasteiger partial charge on any atom is 1.00 e. The Balaban J connectivity index is 0. The van der Waals surface area contributed by atoms with Gasteiger partial charge in [0, 0.05) is 5.54 Å². The van der Waals surface area contributed by atoms with E-state index in [0.29, 0.717) is 11.8 Å². The van der Waals surface area contributed by atoms with Crippen LogP contribution in [0.1, 0.15) is 51.4 Å². The zero-order valence-corrected chi connectivity index (χ0v) is 13.4. The van der Waals surface area contributed by atoms with Gasteiger partial charge in [-0.2, -0.15) is 0 Å². The molecule has 0 saturated heterocycles. The SMILES string of the molecule is Cc1cc(C)c(C(N)(C(C)C)C(C)C)c(C)c1.[H-].[Li+]. The van der Waals surface area contributed by atoms with E-state index in [9.17, 15) is 0 Å². The summed E-state index contributed by atoms with van der Waals surface area (Å²) < 4.78 is 0. The molecular formula is C16H28LiN. The minimum atomic E-state index is -0.234. The molecule has 1 nitrogen and oxygen atoms in total. The van der Waals surface area contributed by atoms with Gasteiger partial charge in [-0.15, -0.1) is 0 Å². The van der Waals surface area contributed by atoms with Gasteiger partial charge < -0.3 is 7.16 Å². The maximum absolute atomic E-state index is 6.76. The molecule has 0 amide bonds. The normalized spacial score (nSPS) is 11.9. The molecule has 18 heavy (non-hydrogen) atoms. The minimum Gasteiger partial charge on any atom is -1.00 e. The Bertz CT molecular complexity index is 382. The average Bonchev–Trinajstić information content (AvgIpc) is 2.14. The van der Waals surface area contributed by atoms with Gasteiger partial charge in [-0.3, -0.25) is 0 Å². The maximum atomic E-state index is 6.76. The molecule has 0 unspecified atom stereocenters. The van der Waals surface area contributed by atoms with Crippen molar-refractivity contribution >= 4 is 0 Å². The molecule has 1 aromatic carbocycles. The molecular weight excluding hydrogens is 213 g/mol. The second-order valence-electron chi connectivity index (χ2n) is 6.02. The summed E-state index contributed by atoms with van der Waals surface area (Å²) in [5.41, 5.74) is 11.8. The Morgan fingerprint density at radius 2 is 1.28 bits per heavy atom. The summed E-state index contributed by atoms with van der Waals surface area (Å²) in [7, 11) is 0. The Kier molecular flexibility index (Phi) is 6.21. The second-order valence-corrected chi connectivity index (χ2v) is 6.02. The van der Waals surface area contributed by atoms with E-state index in [2.05, 4.69) is 60.6 Å². The Labute approximate surface area is 126 Å². The zero-order chi connectivity index (χ0) is 13.4. The molecule has 2 heteroatoms. The van der Waals surface area contributed by atoms with E-state index in [1.54, 1.807) is 0 Å². The molecule has 0 aromatic heterocycles. The van der Waals surface area contributed by atoms with Crippen LogP contribution >= 0.6 is 0 Å². The number of rotatable bonds is 3. The topological polar surface area (TPSA) is 26.0 Å². The number of hydrogen-bond donors (Lipinski definition) is 1. The van der Waals surface area contributed by atoms with Gasteiger partial charge in [0.05, 0.1) is 0 Å². The molecule has 1 aromatic rings. The summed E-state index contributed by atoms with van der Waals surface area (Å²) >= 11 is 0. The van der Waals surface area contributed by atoms with Crippen molar-refractivity contribution in [3.05, 3.63) is 34.4 Å². The fourth-order valence-corrected chi connectivity index (χ4v) is 3.11. The summed E-state index contributed by atoms with van der Waals surface area (Å²) in [5.74, 6) is 0.866. The van der Waals surface area contributed by atoms with Crippen LogP contribution in [0.2, 0.25) is 0 Å². The van der Waals surface area contributed by atoms with E-state index >= 15 is 0 Å². The van der Waals surface area contributed by atoms with Crippen LogP contribution in [-0.2, 0) is 5.54 Å². The molecule has 0 radical (unpaired) electrons. The quantitative estimate of drug-likeness (QED) is 0.791. The fraction of sp³-hybridized carbons (Fsp3) is 0.625. The monoisotopic (exact) mass is 241 g/mol. The molecule has 0 aliphatic heterocycles. The number of nitrogens with two attached hydrogens (primary N) is 1. The smallest absolute Gasteiger partial charge is 1.00 e. The van der Waals surface area contributed by atoms with Gasteiger partial charge in [0.2, 0.25) is 0 Å². The zero-order valence-electron chi connectivity index (χ0n) is 14.4. The third-order valence-electron chi connectivity index (χ3n) is 4.02. The molecule has 0 bridgehead atoms. The average molecular weight is 241 g/mol. The fourth-order valence-electron chi connectivity index (χ4n) is 3.11. The van der Waals surface area contributed by atoms with Gasteiger partial charge >= 0.3 is 18.9 Å². The number of hydrogen-bond acceptors (Lipinski definition) is 1. The van der Waals surface area contributed by atoms with Crippen LogP contribution in [0.3, 0.4) is 0 Å². The third kappa shape index (κ3) is 3.02. The minimum absolute atomic E-state index is 0. The second kappa shape index (κ2) is 6.29. The predicted molar refractivity (Wildman–Crippen MR) is 77.3 cm³/mol. The first-order valence-electron chi connectivity index (χ1n) is 6.58. The van der Waals surface area contributed by atoms with Crippen LogP contribution in [0, 0.1) is 32.6 Å². The molecule has 1 rings (SSSR count). The molecule has 0 heterocycles. The molecule has 98 valence electrons. The number of benzene rings is 1. The third-order valence-corrected chi connectivity index (χ3v) is 4.02.